The fourth-order valence-electron chi connectivity index (χ4n) is 5.17. The quantitative estimate of drug-likeness (QED) is 0.327. The van der Waals surface area contributed by atoms with E-state index in [-0.39, 0.29) is 0 Å². The Morgan fingerprint density at radius 2 is 1.12 bits per heavy atom. The molecule has 0 N–H and O–H groups in total. The van der Waals surface area contributed by atoms with E-state index in [1.165, 1.54) is 34.2 Å². The lowest BCUT2D eigenvalue weighted by Gasteiger charge is -2.32. The Labute approximate surface area is 207 Å². The van der Waals surface area contributed by atoms with Crippen LogP contribution >= 0.6 is 0 Å². The summed E-state index contributed by atoms with van der Waals surface area (Å²) >= 11 is 0. The Kier molecular flexibility index (Phi) is 10.0. The third-order valence-electron chi connectivity index (χ3n) is 6.58. The first-order valence-corrected chi connectivity index (χ1v) is 14.0. The standard InChI is InChI=1S/C27H46BN6/c1-7-13-22-19-25(16-10-4)32(29-22)28(33-26(17-11-5)20-23(30-33)14-8-2)34-27(18-12-6)21-24(31-34)15-9-3/h19-21,28H,7-18H2,1-6H3. The number of nitrogens with zero attached hydrogens (tertiary/aromatic N) is 6. The van der Waals surface area contributed by atoms with Crippen LogP contribution in [-0.4, -0.2) is 37.1 Å². The molecule has 0 aromatic carbocycles. The van der Waals surface area contributed by atoms with Crippen molar-refractivity contribution in [2.45, 2.75) is 119 Å². The van der Waals surface area contributed by atoms with Crippen molar-refractivity contribution in [2.75, 3.05) is 0 Å². The maximum atomic E-state index is 5.22. The molecule has 1 aliphatic heterocycles. The molecule has 187 valence electrons. The van der Waals surface area contributed by atoms with E-state index < -0.39 is 7.12 Å². The van der Waals surface area contributed by atoms with Gasteiger partial charge in [-0.05, 0) is 62.0 Å². The highest BCUT2D eigenvalue weighted by Gasteiger charge is 2.36. The smallest absolute Gasteiger partial charge is 0.375 e. The molecule has 0 atom stereocenters. The predicted molar refractivity (Wildman–Crippen MR) is 145 cm³/mol. The summed E-state index contributed by atoms with van der Waals surface area (Å²) in [4.78, 5) is 2.32. The van der Waals surface area contributed by atoms with E-state index in [2.05, 4.69) is 73.9 Å². The summed E-state index contributed by atoms with van der Waals surface area (Å²) in [5, 5.41) is 15.6. The summed E-state index contributed by atoms with van der Waals surface area (Å²) in [5.74, 6) is 0. The first-order chi connectivity index (χ1) is 16.6. The van der Waals surface area contributed by atoms with Crippen molar-refractivity contribution in [1.82, 2.24) is 29.4 Å². The Morgan fingerprint density at radius 3 is 1.56 bits per heavy atom. The number of hydrogen-bond donors (Lipinski definition) is 0. The van der Waals surface area contributed by atoms with Gasteiger partial charge in [-0.3, -0.25) is 0 Å². The number of hydrogen-bond acceptors (Lipinski definition) is 4. The van der Waals surface area contributed by atoms with Crippen LogP contribution in [-0.2, 0) is 25.7 Å². The van der Waals surface area contributed by atoms with Gasteiger partial charge in [-0.15, -0.1) is 0 Å². The van der Waals surface area contributed by atoms with Crippen LogP contribution in [0.15, 0.2) is 23.9 Å². The van der Waals surface area contributed by atoms with E-state index >= 15 is 0 Å². The first-order valence-electron chi connectivity index (χ1n) is 14.0. The van der Waals surface area contributed by atoms with Gasteiger partial charge in [-0.25, -0.2) is 15.1 Å². The zero-order valence-electron chi connectivity index (χ0n) is 22.6. The highest BCUT2D eigenvalue weighted by Crippen LogP contribution is 2.23. The van der Waals surface area contributed by atoms with Crippen LogP contribution < -0.4 is 5.10 Å². The lowest BCUT2D eigenvalue weighted by molar-refractivity contribution is 0.454. The summed E-state index contributed by atoms with van der Waals surface area (Å²) in [6, 6.07) is 4.66. The molecule has 0 saturated carbocycles. The molecule has 0 saturated heterocycles. The molecular formula is C27H46BN6. The molecule has 34 heavy (non-hydrogen) atoms. The second kappa shape index (κ2) is 13.0. The van der Waals surface area contributed by atoms with E-state index in [9.17, 15) is 0 Å². The summed E-state index contributed by atoms with van der Waals surface area (Å²) in [5.41, 5.74) is 7.53. The molecule has 0 spiro atoms. The fraction of sp³-hybridized carbons (Fsp3) is 0.667. The number of aromatic nitrogens is 4. The summed E-state index contributed by atoms with van der Waals surface area (Å²) in [7, 11) is -1.35. The SMILES string of the molecule is CCCC1=CC(CCC)=[N+]N1[BH-](n1nc(CCC)cc1CCC)n1nc(CCC)cc1CCC. The average Bonchev–Trinajstić information content (AvgIpc) is 3.50. The Morgan fingerprint density at radius 1 is 0.647 bits per heavy atom. The van der Waals surface area contributed by atoms with Crippen LogP contribution in [0.1, 0.15) is 116 Å². The number of aryl methyl sites for hydroxylation is 4. The van der Waals surface area contributed by atoms with Crippen molar-refractivity contribution in [3.63, 3.8) is 0 Å². The highest BCUT2D eigenvalue weighted by atomic mass is 15.6. The molecule has 2 aromatic heterocycles. The van der Waals surface area contributed by atoms with Gasteiger partial charge in [0.1, 0.15) is 5.10 Å². The molecule has 0 unspecified atom stereocenters. The topological polar surface area (TPSA) is 53.0 Å². The van der Waals surface area contributed by atoms with E-state index in [4.69, 9.17) is 15.3 Å². The Balaban J connectivity index is 2.20. The summed E-state index contributed by atoms with van der Waals surface area (Å²) in [6.07, 6.45) is 15.1. The van der Waals surface area contributed by atoms with Crippen LogP contribution in [0, 0.1) is 0 Å². The van der Waals surface area contributed by atoms with Crippen molar-refractivity contribution >= 4 is 12.8 Å². The van der Waals surface area contributed by atoms with Crippen LogP contribution in [0.2, 0.25) is 0 Å². The molecule has 0 aliphatic carbocycles. The van der Waals surface area contributed by atoms with Crippen molar-refractivity contribution < 1.29 is 0 Å². The normalized spacial score (nSPS) is 13.8. The van der Waals surface area contributed by atoms with Crippen molar-refractivity contribution in [3.8, 4) is 0 Å². The highest BCUT2D eigenvalue weighted by molar-refractivity contribution is 6.52. The van der Waals surface area contributed by atoms with Crippen LogP contribution in [0.3, 0.4) is 0 Å². The third-order valence-corrected chi connectivity index (χ3v) is 6.58. The molecule has 2 aromatic rings. The van der Waals surface area contributed by atoms with Gasteiger partial charge in [0.25, 0.3) is 5.71 Å². The van der Waals surface area contributed by atoms with Crippen molar-refractivity contribution in [1.29, 1.82) is 0 Å². The maximum absolute atomic E-state index is 5.22. The second-order valence-electron chi connectivity index (χ2n) is 9.80. The van der Waals surface area contributed by atoms with E-state index in [1.807, 2.05) is 0 Å². The second-order valence-corrected chi connectivity index (χ2v) is 9.80. The van der Waals surface area contributed by atoms with Gasteiger partial charge >= 0.3 is 7.12 Å². The van der Waals surface area contributed by atoms with Crippen LogP contribution in [0.4, 0.5) is 0 Å². The maximum Gasteiger partial charge on any atom is 0.375 e. The number of rotatable bonds is 15. The lowest BCUT2D eigenvalue weighted by atomic mass is 9.89. The van der Waals surface area contributed by atoms with E-state index in [0.717, 1.165) is 77.0 Å². The molecule has 0 amide bonds. The zero-order chi connectivity index (χ0) is 24.5. The average molecular weight is 466 g/mol. The van der Waals surface area contributed by atoms with Gasteiger partial charge in [0.05, 0.1) is 11.4 Å². The van der Waals surface area contributed by atoms with E-state index in [0.29, 0.717) is 0 Å². The van der Waals surface area contributed by atoms with Gasteiger partial charge in [-0.1, -0.05) is 73.6 Å². The molecule has 3 rings (SSSR count). The minimum atomic E-state index is -1.35. The van der Waals surface area contributed by atoms with Crippen molar-refractivity contribution in [3.05, 3.63) is 46.7 Å². The lowest BCUT2D eigenvalue weighted by Crippen LogP contribution is -2.53. The molecule has 1 radical (unpaired) electrons. The molecule has 6 nitrogen and oxygen atoms in total. The van der Waals surface area contributed by atoms with Gasteiger partial charge in [0.15, 0.2) is 0 Å². The molecular weight excluding hydrogens is 419 g/mol. The van der Waals surface area contributed by atoms with Crippen LogP contribution in [0.5, 0.6) is 0 Å². The molecule has 1 aliphatic rings. The third kappa shape index (κ3) is 6.03. The van der Waals surface area contributed by atoms with Crippen LogP contribution in [0.25, 0.3) is 0 Å². The van der Waals surface area contributed by atoms with Gasteiger partial charge < -0.3 is 9.19 Å². The monoisotopic (exact) mass is 465 g/mol. The number of hydrazone groups is 1. The number of allylic oxidation sites excluding steroid dienone is 2. The first kappa shape index (κ1) is 26.3. The minimum absolute atomic E-state index is 1.01. The fourth-order valence-corrected chi connectivity index (χ4v) is 5.17. The van der Waals surface area contributed by atoms with Gasteiger partial charge in [-0.2, -0.15) is 0 Å². The molecule has 0 bridgehead atoms. The van der Waals surface area contributed by atoms with Crippen molar-refractivity contribution in [2.24, 2.45) is 0 Å². The Bertz CT molecular complexity index is 916. The van der Waals surface area contributed by atoms with E-state index in [1.54, 1.807) is 0 Å². The van der Waals surface area contributed by atoms with Gasteiger partial charge in [0, 0.05) is 18.2 Å². The Hall–Kier alpha value is -2.31. The summed E-state index contributed by atoms with van der Waals surface area (Å²) in [6.45, 7) is 13.5. The largest absolute Gasteiger partial charge is 0.397 e. The predicted octanol–water partition coefficient (Wildman–Crippen LogP) is 5.49. The molecule has 7 heteroatoms. The molecule has 3 heterocycles. The van der Waals surface area contributed by atoms with Gasteiger partial charge in [0.2, 0.25) is 0 Å². The zero-order valence-corrected chi connectivity index (χ0v) is 22.6. The molecule has 0 fully saturated rings. The minimum Gasteiger partial charge on any atom is -0.397 e. The summed E-state index contributed by atoms with van der Waals surface area (Å²) < 4.78 is 4.64.